The van der Waals surface area contributed by atoms with Crippen LogP contribution in [0.5, 0.6) is 5.75 Å². The molecule has 3 amide bonds. The van der Waals surface area contributed by atoms with Crippen LogP contribution >= 0.6 is 0 Å². The third-order valence-electron chi connectivity index (χ3n) is 9.11. The summed E-state index contributed by atoms with van der Waals surface area (Å²) in [5, 5.41) is 17.3. The first-order chi connectivity index (χ1) is 23.4. The third kappa shape index (κ3) is 6.89. The van der Waals surface area contributed by atoms with E-state index in [-0.39, 0.29) is 23.6 Å². The van der Waals surface area contributed by atoms with Gasteiger partial charge >= 0.3 is 6.03 Å². The van der Waals surface area contributed by atoms with Crippen molar-refractivity contribution in [3.63, 3.8) is 0 Å². The maximum Gasteiger partial charge on any atom is 0.321 e. The zero-order chi connectivity index (χ0) is 34.9. The molecule has 0 bridgehead atoms. The topological polar surface area (TPSA) is 156 Å². The van der Waals surface area contributed by atoms with E-state index >= 15 is 0 Å². The molecule has 6 rings (SSSR count). The van der Waals surface area contributed by atoms with Crippen molar-refractivity contribution < 1.29 is 19.1 Å². The van der Waals surface area contributed by atoms with E-state index in [1.807, 2.05) is 68.7 Å². The van der Waals surface area contributed by atoms with Gasteiger partial charge in [0.15, 0.2) is 11.9 Å². The van der Waals surface area contributed by atoms with Gasteiger partial charge in [-0.3, -0.25) is 19.3 Å². The van der Waals surface area contributed by atoms with Gasteiger partial charge in [-0.15, -0.1) is 10.2 Å². The average molecular weight is 666 g/mol. The molecule has 4 aromatic rings. The number of carbonyl (C=O) groups is 3. The highest BCUT2D eigenvalue weighted by atomic mass is 16.5. The summed E-state index contributed by atoms with van der Waals surface area (Å²) in [5.74, 6) is 1.45. The minimum absolute atomic E-state index is 0.00951. The SMILES string of the molecule is CCC(CC)c1nnc2ccc(O[C@@H]3C=C[C@](C=O)(NC(=O)Nc4cc(C(C)(C)C)nc(C(=O)NC5CN(C)C5)n4)c4ccccc43)cn12. The van der Waals surface area contributed by atoms with Gasteiger partial charge in [0, 0.05) is 36.1 Å². The van der Waals surface area contributed by atoms with Crippen molar-refractivity contribution in [2.24, 2.45) is 0 Å². The Morgan fingerprint density at radius 3 is 2.53 bits per heavy atom. The molecule has 0 unspecified atom stereocenters. The lowest BCUT2D eigenvalue weighted by Gasteiger charge is -2.36. The van der Waals surface area contributed by atoms with Gasteiger partial charge in [-0.05, 0) is 49.7 Å². The number of hydrogen-bond acceptors (Lipinski definition) is 9. The van der Waals surface area contributed by atoms with Crippen molar-refractivity contribution in [3.05, 3.63) is 89.3 Å². The van der Waals surface area contributed by atoms with Crippen LogP contribution in [-0.2, 0) is 15.7 Å². The summed E-state index contributed by atoms with van der Waals surface area (Å²) in [7, 11) is 1.98. The maximum atomic E-state index is 13.5. The maximum absolute atomic E-state index is 13.5. The number of aromatic nitrogens is 5. The molecule has 3 aromatic heterocycles. The number of nitrogens with one attached hydrogen (secondary N) is 3. The van der Waals surface area contributed by atoms with Crippen molar-refractivity contribution in [1.82, 2.24) is 40.1 Å². The number of nitrogens with zero attached hydrogens (tertiary/aromatic N) is 6. The van der Waals surface area contributed by atoms with Gasteiger partial charge in [0.1, 0.15) is 29.0 Å². The molecular weight excluding hydrogens is 622 g/mol. The van der Waals surface area contributed by atoms with E-state index in [1.165, 1.54) is 0 Å². The van der Waals surface area contributed by atoms with E-state index in [9.17, 15) is 14.4 Å². The highest BCUT2D eigenvalue weighted by Gasteiger charge is 2.38. The Bertz CT molecular complexity index is 1910. The second-order valence-electron chi connectivity index (χ2n) is 13.8. The van der Waals surface area contributed by atoms with Crippen LogP contribution in [0.3, 0.4) is 0 Å². The molecule has 2 atom stereocenters. The lowest BCUT2D eigenvalue weighted by molar-refractivity contribution is -0.111. The molecule has 3 N–H and O–H groups in total. The molecule has 0 saturated carbocycles. The quantitative estimate of drug-likeness (QED) is 0.162. The smallest absolute Gasteiger partial charge is 0.321 e. The lowest BCUT2D eigenvalue weighted by Crippen LogP contribution is -2.57. The van der Waals surface area contributed by atoms with Crippen molar-refractivity contribution in [2.45, 2.75) is 76.5 Å². The fourth-order valence-electron chi connectivity index (χ4n) is 6.31. The normalized spacial score (nSPS) is 19.3. The van der Waals surface area contributed by atoms with E-state index in [0.717, 1.165) is 43.0 Å². The summed E-state index contributed by atoms with van der Waals surface area (Å²) in [6, 6.07) is 12.0. The standard InChI is InChI=1S/C36H43N9O4/c1-7-22(8-2)32-43-42-30-14-13-24(20-45(30)32)49-27-15-16-36(21-46,26-12-10-9-11-25(26)27)41-34(48)40-29-17-28(35(3,4)5)38-31(39-29)33(47)37-23-18-44(6)19-23/h9-17,20-23,27H,7-8,18-19H2,1-6H3,(H,37,47)(H2,38,39,40,41,48)/t27-,36-/m1/s1. The van der Waals surface area contributed by atoms with Gasteiger partial charge in [-0.1, -0.05) is 58.9 Å². The van der Waals surface area contributed by atoms with Crippen LogP contribution in [0.1, 0.15) is 92.7 Å². The van der Waals surface area contributed by atoms with Gasteiger partial charge in [0.05, 0.1) is 17.9 Å². The Balaban J connectivity index is 1.23. The number of anilines is 1. The molecule has 13 heteroatoms. The number of ether oxygens (including phenoxy) is 1. The Kier molecular flexibility index (Phi) is 9.21. The zero-order valence-corrected chi connectivity index (χ0v) is 28.7. The number of amides is 3. The van der Waals surface area contributed by atoms with Crippen LogP contribution in [0.2, 0.25) is 0 Å². The Hall–Kier alpha value is -5.17. The molecule has 0 spiro atoms. The summed E-state index contributed by atoms with van der Waals surface area (Å²) < 4.78 is 8.43. The van der Waals surface area contributed by atoms with Crippen molar-refractivity contribution in [1.29, 1.82) is 0 Å². The Labute approximate surface area is 285 Å². The first-order valence-corrected chi connectivity index (χ1v) is 16.7. The van der Waals surface area contributed by atoms with Crippen LogP contribution in [0.4, 0.5) is 10.6 Å². The van der Waals surface area contributed by atoms with E-state index in [4.69, 9.17) is 4.74 Å². The monoisotopic (exact) mass is 665 g/mol. The van der Waals surface area contributed by atoms with Gasteiger partial charge < -0.3 is 20.3 Å². The number of fused-ring (bicyclic) bond motifs is 2. The van der Waals surface area contributed by atoms with Gasteiger partial charge in [-0.25, -0.2) is 14.8 Å². The summed E-state index contributed by atoms with van der Waals surface area (Å²) in [6.45, 7) is 11.6. The van der Waals surface area contributed by atoms with E-state index < -0.39 is 29.0 Å². The van der Waals surface area contributed by atoms with Crippen LogP contribution in [0, 0.1) is 0 Å². The van der Waals surface area contributed by atoms with Crippen LogP contribution in [0.25, 0.3) is 5.65 Å². The molecule has 13 nitrogen and oxygen atoms in total. The number of hydrogen-bond donors (Lipinski definition) is 3. The highest BCUT2D eigenvalue weighted by Crippen LogP contribution is 2.37. The number of pyridine rings is 1. The van der Waals surface area contributed by atoms with Crippen LogP contribution in [0.15, 0.2) is 60.8 Å². The fraction of sp³-hybridized carbons (Fsp3) is 0.417. The first-order valence-electron chi connectivity index (χ1n) is 16.7. The summed E-state index contributed by atoms with van der Waals surface area (Å²) >= 11 is 0. The molecule has 1 aromatic carbocycles. The molecule has 1 fully saturated rings. The van der Waals surface area contributed by atoms with E-state index in [0.29, 0.717) is 23.3 Å². The molecule has 1 aliphatic heterocycles. The summed E-state index contributed by atoms with van der Waals surface area (Å²) in [5.41, 5.74) is 0.690. The van der Waals surface area contributed by atoms with Gasteiger partial charge in [-0.2, -0.15) is 0 Å². The Morgan fingerprint density at radius 2 is 1.84 bits per heavy atom. The van der Waals surface area contributed by atoms with Gasteiger partial charge in [0.25, 0.3) is 5.91 Å². The molecule has 1 saturated heterocycles. The Morgan fingerprint density at radius 1 is 1.08 bits per heavy atom. The number of likely N-dealkylation sites (tertiary alicyclic amines) is 1. The molecule has 0 radical (unpaired) electrons. The number of benzene rings is 1. The first kappa shape index (κ1) is 33.7. The minimum atomic E-state index is -1.49. The molecule has 1 aliphatic carbocycles. The number of aldehydes is 1. The second-order valence-corrected chi connectivity index (χ2v) is 13.8. The molecule has 49 heavy (non-hydrogen) atoms. The predicted octanol–water partition coefficient (Wildman–Crippen LogP) is 4.67. The molecular formula is C36H43N9O4. The minimum Gasteiger partial charge on any atom is -0.480 e. The van der Waals surface area contributed by atoms with Crippen molar-refractivity contribution in [3.8, 4) is 5.75 Å². The fourth-order valence-corrected chi connectivity index (χ4v) is 6.31. The van der Waals surface area contributed by atoms with E-state index in [2.05, 4.69) is 54.9 Å². The number of urea groups is 1. The van der Waals surface area contributed by atoms with Crippen molar-refractivity contribution >= 4 is 29.7 Å². The van der Waals surface area contributed by atoms with Crippen molar-refractivity contribution in [2.75, 3.05) is 25.5 Å². The molecule has 2 aliphatic rings. The van der Waals surface area contributed by atoms with Crippen LogP contribution in [-0.4, -0.2) is 73.9 Å². The molecule has 256 valence electrons. The number of likely N-dealkylation sites (N-methyl/N-ethyl adjacent to an activating group) is 1. The number of rotatable bonds is 10. The molecule has 4 heterocycles. The number of carbonyl (C=O) groups excluding carboxylic acids is 3. The highest BCUT2D eigenvalue weighted by molar-refractivity contribution is 5.94. The lowest BCUT2D eigenvalue weighted by atomic mass is 9.81. The summed E-state index contributed by atoms with van der Waals surface area (Å²) in [6.07, 6.45) is 7.33. The second kappa shape index (κ2) is 13.4. The summed E-state index contributed by atoms with van der Waals surface area (Å²) in [4.78, 5) is 50.4. The zero-order valence-electron chi connectivity index (χ0n) is 28.7. The van der Waals surface area contributed by atoms with Gasteiger partial charge in [0.2, 0.25) is 5.82 Å². The average Bonchev–Trinajstić information content (AvgIpc) is 3.48. The van der Waals surface area contributed by atoms with Crippen LogP contribution < -0.4 is 20.7 Å². The third-order valence-corrected chi connectivity index (χ3v) is 9.11. The largest absolute Gasteiger partial charge is 0.480 e. The van der Waals surface area contributed by atoms with E-state index in [1.54, 1.807) is 24.3 Å². The predicted molar refractivity (Wildman–Crippen MR) is 185 cm³/mol.